The van der Waals surface area contributed by atoms with E-state index in [1.54, 1.807) is 30.3 Å². The Labute approximate surface area is 181 Å². The fraction of sp³-hybridized carbons (Fsp3) is 0.0909. The van der Waals surface area contributed by atoms with Crippen LogP contribution in [-0.4, -0.2) is 28.2 Å². The van der Waals surface area contributed by atoms with Crippen molar-refractivity contribution in [2.75, 3.05) is 11.9 Å². The zero-order valence-electron chi connectivity index (χ0n) is 15.9. The Morgan fingerprint density at radius 3 is 2.58 bits per heavy atom. The van der Waals surface area contributed by atoms with Crippen LogP contribution in [0.5, 0.6) is 0 Å². The van der Waals surface area contributed by atoms with Gasteiger partial charge in [-0.3, -0.25) is 19.7 Å². The number of nitrogens with zero attached hydrogens (tertiary/aromatic N) is 2. The molecule has 1 unspecified atom stereocenters. The van der Waals surface area contributed by atoms with Crippen molar-refractivity contribution in [3.63, 3.8) is 0 Å². The van der Waals surface area contributed by atoms with Crippen molar-refractivity contribution in [1.82, 2.24) is 4.90 Å². The van der Waals surface area contributed by atoms with Crippen molar-refractivity contribution in [3.8, 4) is 0 Å². The first-order valence-corrected chi connectivity index (χ1v) is 9.62. The number of benzene rings is 3. The molecule has 1 aliphatic rings. The van der Waals surface area contributed by atoms with E-state index in [1.165, 1.54) is 35.2 Å². The van der Waals surface area contributed by atoms with Crippen molar-refractivity contribution in [2.24, 2.45) is 0 Å². The number of hydrogen-bond acceptors (Lipinski definition) is 4. The van der Waals surface area contributed by atoms with Gasteiger partial charge in [-0.25, -0.2) is 4.39 Å². The molecule has 0 bridgehead atoms. The Bertz CT molecular complexity index is 1200. The molecule has 1 atom stereocenters. The van der Waals surface area contributed by atoms with Gasteiger partial charge in [0.05, 0.1) is 11.0 Å². The molecule has 1 aliphatic heterocycles. The quantitative estimate of drug-likeness (QED) is 0.478. The highest BCUT2D eigenvalue weighted by molar-refractivity contribution is 6.32. The highest BCUT2D eigenvalue weighted by Crippen LogP contribution is 2.37. The Hall–Kier alpha value is -3.78. The maximum absolute atomic E-state index is 14.1. The molecule has 7 nitrogen and oxygen atoms in total. The third kappa shape index (κ3) is 3.97. The Kier molecular flexibility index (Phi) is 5.39. The monoisotopic (exact) mass is 439 g/mol. The van der Waals surface area contributed by atoms with Gasteiger partial charge in [-0.1, -0.05) is 41.9 Å². The lowest BCUT2D eigenvalue weighted by Crippen LogP contribution is -2.39. The molecule has 31 heavy (non-hydrogen) atoms. The predicted octanol–water partition coefficient (Wildman–Crippen LogP) is 4.57. The van der Waals surface area contributed by atoms with Crippen molar-refractivity contribution < 1.29 is 18.9 Å². The second kappa shape index (κ2) is 8.16. The minimum Gasteiger partial charge on any atom is -0.324 e. The van der Waals surface area contributed by atoms with E-state index < -0.39 is 34.3 Å². The van der Waals surface area contributed by atoms with E-state index in [4.69, 9.17) is 11.6 Å². The van der Waals surface area contributed by atoms with Crippen LogP contribution in [-0.2, 0) is 4.79 Å². The summed E-state index contributed by atoms with van der Waals surface area (Å²) in [6.07, 6.45) is 0. The maximum atomic E-state index is 14.1. The van der Waals surface area contributed by atoms with Gasteiger partial charge in [-0.05, 0) is 35.9 Å². The van der Waals surface area contributed by atoms with E-state index in [1.807, 2.05) is 0 Å². The lowest BCUT2D eigenvalue weighted by molar-refractivity contribution is -0.384. The molecule has 9 heteroatoms. The highest BCUT2D eigenvalue weighted by atomic mass is 35.5. The van der Waals surface area contributed by atoms with Gasteiger partial charge in [-0.2, -0.15) is 0 Å². The number of carbonyl (C=O) groups excluding carboxylic acids is 2. The molecule has 4 rings (SSSR count). The number of rotatable bonds is 3. The summed E-state index contributed by atoms with van der Waals surface area (Å²) >= 11 is 5.87. The van der Waals surface area contributed by atoms with Crippen molar-refractivity contribution in [3.05, 3.63) is 104 Å². The molecule has 0 spiro atoms. The van der Waals surface area contributed by atoms with Crippen LogP contribution >= 0.6 is 11.6 Å². The summed E-state index contributed by atoms with van der Waals surface area (Å²) in [4.78, 5) is 37.8. The molecule has 3 aromatic carbocycles. The molecular formula is C22H15ClFN3O4. The molecule has 0 saturated carbocycles. The summed E-state index contributed by atoms with van der Waals surface area (Å²) in [5, 5.41) is 13.8. The fourth-order valence-electron chi connectivity index (χ4n) is 3.61. The summed E-state index contributed by atoms with van der Waals surface area (Å²) in [5.41, 5.74) is 1.01. The molecule has 0 aromatic heterocycles. The van der Waals surface area contributed by atoms with Gasteiger partial charge in [-0.15, -0.1) is 0 Å². The zero-order chi connectivity index (χ0) is 22.1. The average Bonchev–Trinajstić information content (AvgIpc) is 2.89. The van der Waals surface area contributed by atoms with Crippen LogP contribution in [0.25, 0.3) is 0 Å². The second-order valence-electron chi connectivity index (χ2n) is 6.95. The van der Waals surface area contributed by atoms with Crippen LogP contribution in [0.15, 0.2) is 66.7 Å². The van der Waals surface area contributed by atoms with Crippen LogP contribution in [0.3, 0.4) is 0 Å². The topological polar surface area (TPSA) is 92.5 Å². The Balaban J connectivity index is 1.88. The summed E-state index contributed by atoms with van der Waals surface area (Å²) in [7, 11) is 0. The molecule has 0 fully saturated rings. The first-order valence-electron chi connectivity index (χ1n) is 9.24. The first kappa shape index (κ1) is 20.5. The Morgan fingerprint density at radius 1 is 1.13 bits per heavy atom. The van der Waals surface area contributed by atoms with E-state index in [-0.39, 0.29) is 17.1 Å². The second-order valence-corrected chi connectivity index (χ2v) is 7.36. The lowest BCUT2D eigenvalue weighted by atomic mass is 9.95. The minimum atomic E-state index is -0.798. The van der Waals surface area contributed by atoms with Crippen LogP contribution in [0.2, 0.25) is 5.02 Å². The minimum absolute atomic E-state index is 0.00955. The lowest BCUT2D eigenvalue weighted by Gasteiger charge is -2.30. The zero-order valence-corrected chi connectivity index (χ0v) is 16.7. The number of halogens is 2. The summed E-state index contributed by atoms with van der Waals surface area (Å²) in [6.45, 7) is -0.328. The van der Waals surface area contributed by atoms with Crippen LogP contribution in [0.4, 0.5) is 15.8 Å². The third-order valence-electron chi connectivity index (χ3n) is 4.97. The maximum Gasteiger partial charge on any atom is 0.288 e. The molecule has 0 saturated heterocycles. The van der Waals surface area contributed by atoms with Crippen LogP contribution in [0, 0.1) is 15.9 Å². The van der Waals surface area contributed by atoms with Crippen molar-refractivity contribution in [1.29, 1.82) is 0 Å². The highest BCUT2D eigenvalue weighted by Gasteiger charge is 2.34. The fourth-order valence-corrected chi connectivity index (χ4v) is 3.80. The number of nitro benzene ring substituents is 1. The first-order chi connectivity index (χ1) is 14.8. The van der Waals surface area contributed by atoms with Gasteiger partial charge in [0.2, 0.25) is 5.91 Å². The van der Waals surface area contributed by atoms with E-state index in [2.05, 4.69) is 5.32 Å². The molecule has 2 amide bonds. The van der Waals surface area contributed by atoms with Gasteiger partial charge in [0, 0.05) is 22.9 Å². The summed E-state index contributed by atoms with van der Waals surface area (Å²) in [6, 6.07) is 15.7. The molecule has 0 radical (unpaired) electrons. The van der Waals surface area contributed by atoms with Crippen LogP contribution < -0.4 is 5.32 Å². The van der Waals surface area contributed by atoms with E-state index in [0.29, 0.717) is 16.8 Å². The van der Waals surface area contributed by atoms with Gasteiger partial charge in [0.25, 0.3) is 11.6 Å². The van der Waals surface area contributed by atoms with Gasteiger partial charge < -0.3 is 10.2 Å². The average molecular weight is 440 g/mol. The standard InChI is InChI=1S/C22H15ClFN3O4/c23-17-8-6-14(10-19(17)27(30)31)22(29)26-12-20(28)25-18-9-7-15(24)11-16(18)21(26)13-4-2-1-3-5-13/h1-11,21H,12H2,(H,25,28). The number of nitrogens with one attached hydrogen (secondary N) is 1. The predicted molar refractivity (Wildman–Crippen MR) is 112 cm³/mol. The normalized spacial score (nSPS) is 15.6. The van der Waals surface area contributed by atoms with Gasteiger partial charge in [0.15, 0.2) is 0 Å². The molecule has 156 valence electrons. The molecule has 1 N–H and O–H groups in total. The third-order valence-corrected chi connectivity index (χ3v) is 5.29. The number of carbonyl (C=O) groups is 2. The van der Waals surface area contributed by atoms with Crippen molar-refractivity contribution >= 4 is 34.8 Å². The van der Waals surface area contributed by atoms with E-state index in [0.717, 1.165) is 6.07 Å². The van der Waals surface area contributed by atoms with Crippen LogP contribution in [0.1, 0.15) is 27.5 Å². The Morgan fingerprint density at radius 2 is 1.87 bits per heavy atom. The largest absolute Gasteiger partial charge is 0.324 e. The van der Waals surface area contributed by atoms with E-state index >= 15 is 0 Å². The molecule has 1 heterocycles. The smallest absolute Gasteiger partial charge is 0.288 e. The molecule has 0 aliphatic carbocycles. The number of fused-ring (bicyclic) bond motifs is 1. The molecule has 3 aromatic rings. The van der Waals surface area contributed by atoms with Gasteiger partial charge >= 0.3 is 0 Å². The number of amides is 2. The number of hydrogen-bond donors (Lipinski definition) is 1. The molecular weight excluding hydrogens is 425 g/mol. The van der Waals surface area contributed by atoms with Crippen molar-refractivity contribution in [2.45, 2.75) is 6.04 Å². The number of anilines is 1. The SMILES string of the molecule is O=C1CN(C(=O)c2ccc(Cl)c([N+](=O)[O-])c2)C(c2ccccc2)c2cc(F)ccc2N1. The number of nitro groups is 1. The van der Waals surface area contributed by atoms with E-state index in [9.17, 15) is 24.1 Å². The van der Waals surface area contributed by atoms with Gasteiger partial charge in [0.1, 0.15) is 17.4 Å². The summed E-state index contributed by atoms with van der Waals surface area (Å²) < 4.78 is 14.1. The summed E-state index contributed by atoms with van der Waals surface area (Å²) in [5.74, 6) is -1.62.